The lowest BCUT2D eigenvalue weighted by atomic mass is 10.1. The zero-order valence-corrected chi connectivity index (χ0v) is 12.4. The monoisotopic (exact) mass is 294 g/mol. The number of aromatic nitrogens is 2. The van der Waals surface area contributed by atoms with Crippen molar-refractivity contribution < 1.29 is 4.42 Å². The largest absolute Gasteiger partial charge is 0.406 e. The molecule has 0 radical (unpaired) electrons. The topological polar surface area (TPSA) is 68.2 Å². The molecule has 5 nitrogen and oxygen atoms in total. The lowest BCUT2D eigenvalue weighted by molar-refractivity contribution is 0.470. The Balaban J connectivity index is 1.73. The third-order valence-corrected chi connectivity index (χ3v) is 3.44. The van der Waals surface area contributed by atoms with Crippen LogP contribution in [0, 0.1) is 0 Å². The van der Waals surface area contributed by atoms with Crippen molar-refractivity contribution in [3.8, 4) is 0 Å². The second-order valence-electron chi connectivity index (χ2n) is 5.15. The molecular weight excluding hydrogens is 276 g/mol. The number of rotatable bonds is 5. The molecule has 22 heavy (non-hydrogen) atoms. The average Bonchev–Trinajstić information content (AvgIpc) is 3.06. The van der Waals surface area contributed by atoms with Crippen LogP contribution in [0.4, 0.5) is 6.01 Å². The normalized spacial score (nSPS) is 12.1. The van der Waals surface area contributed by atoms with E-state index in [0.717, 1.165) is 5.56 Å². The maximum absolute atomic E-state index is 6.17. The van der Waals surface area contributed by atoms with Gasteiger partial charge >= 0.3 is 6.01 Å². The van der Waals surface area contributed by atoms with E-state index in [1.54, 1.807) is 0 Å². The van der Waals surface area contributed by atoms with E-state index in [2.05, 4.69) is 22.3 Å². The molecular formula is C17H18N4O. The van der Waals surface area contributed by atoms with Gasteiger partial charge in [-0.2, -0.15) is 0 Å². The molecule has 0 spiro atoms. The summed E-state index contributed by atoms with van der Waals surface area (Å²) in [6.07, 6.45) is 0. The van der Waals surface area contributed by atoms with Crippen LogP contribution in [-0.4, -0.2) is 17.2 Å². The lowest BCUT2D eigenvalue weighted by Gasteiger charge is -2.13. The molecule has 2 aromatic carbocycles. The minimum Gasteiger partial charge on any atom is -0.406 e. The number of benzene rings is 2. The number of nitrogens with zero attached hydrogens (tertiary/aromatic N) is 3. The van der Waals surface area contributed by atoms with Gasteiger partial charge in [0.05, 0.1) is 0 Å². The molecule has 0 saturated carbocycles. The van der Waals surface area contributed by atoms with Crippen molar-refractivity contribution in [3.63, 3.8) is 0 Å². The Labute approximate surface area is 129 Å². The molecule has 2 N–H and O–H groups in total. The average molecular weight is 294 g/mol. The number of anilines is 1. The molecule has 3 rings (SSSR count). The first-order chi connectivity index (χ1) is 10.7. The Morgan fingerprint density at radius 2 is 1.64 bits per heavy atom. The standard InChI is InChI=1S/C17H18N4O/c1-21(12-13-8-4-2-5-9-13)17-20-19-16(22-17)15(18)14-10-6-3-7-11-14/h2-11,15H,12,18H2,1H3. The third-order valence-electron chi connectivity index (χ3n) is 3.44. The fraction of sp³-hybridized carbons (Fsp3) is 0.176. The summed E-state index contributed by atoms with van der Waals surface area (Å²) in [5, 5.41) is 8.16. The van der Waals surface area contributed by atoms with Crippen LogP contribution < -0.4 is 10.6 Å². The molecule has 1 atom stereocenters. The minimum absolute atomic E-state index is 0.410. The second kappa shape index (κ2) is 6.41. The Morgan fingerprint density at radius 3 is 2.32 bits per heavy atom. The Hall–Kier alpha value is -2.66. The van der Waals surface area contributed by atoms with E-state index in [1.807, 2.05) is 60.5 Å². The molecule has 0 amide bonds. The van der Waals surface area contributed by atoms with E-state index >= 15 is 0 Å². The molecule has 0 saturated heterocycles. The molecule has 1 unspecified atom stereocenters. The van der Waals surface area contributed by atoms with Gasteiger partial charge < -0.3 is 15.1 Å². The molecule has 0 bridgehead atoms. The molecule has 0 aliphatic carbocycles. The smallest absolute Gasteiger partial charge is 0.318 e. The predicted molar refractivity (Wildman–Crippen MR) is 85.3 cm³/mol. The van der Waals surface area contributed by atoms with E-state index in [-0.39, 0.29) is 0 Å². The summed E-state index contributed by atoms with van der Waals surface area (Å²) in [4.78, 5) is 1.91. The van der Waals surface area contributed by atoms with Gasteiger partial charge in [0.1, 0.15) is 6.04 Å². The van der Waals surface area contributed by atoms with E-state index in [0.29, 0.717) is 18.5 Å². The number of hydrogen-bond acceptors (Lipinski definition) is 5. The summed E-state index contributed by atoms with van der Waals surface area (Å²) in [6.45, 7) is 0.697. The lowest BCUT2D eigenvalue weighted by Crippen LogP contribution is -2.16. The van der Waals surface area contributed by atoms with Crippen LogP contribution in [-0.2, 0) is 6.54 Å². The Kier molecular flexibility index (Phi) is 4.16. The first-order valence-electron chi connectivity index (χ1n) is 7.13. The summed E-state index contributed by atoms with van der Waals surface area (Å²) < 4.78 is 5.71. The molecule has 5 heteroatoms. The molecule has 0 aliphatic heterocycles. The van der Waals surface area contributed by atoms with E-state index < -0.39 is 6.04 Å². The molecule has 112 valence electrons. The molecule has 0 aliphatic rings. The molecule has 3 aromatic rings. The van der Waals surface area contributed by atoms with Crippen molar-refractivity contribution in [2.45, 2.75) is 12.6 Å². The Bertz CT molecular complexity index is 712. The Morgan fingerprint density at radius 1 is 1.00 bits per heavy atom. The first-order valence-corrected chi connectivity index (χ1v) is 7.13. The summed E-state index contributed by atoms with van der Waals surface area (Å²) in [5.41, 5.74) is 8.29. The van der Waals surface area contributed by atoms with E-state index in [9.17, 15) is 0 Å². The molecule has 1 heterocycles. The van der Waals surface area contributed by atoms with Crippen LogP contribution in [0.15, 0.2) is 65.1 Å². The zero-order chi connectivity index (χ0) is 15.4. The molecule has 0 fully saturated rings. The maximum Gasteiger partial charge on any atom is 0.318 e. The summed E-state index contributed by atoms with van der Waals surface area (Å²) >= 11 is 0. The number of nitrogens with two attached hydrogens (primary N) is 1. The SMILES string of the molecule is CN(Cc1ccccc1)c1nnc(C(N)c2ccccc2)o1. The fourth-order valence-electron chi connectivity index (χ4n) is 2.23. The van der Waals surface area contributed by atoms with E-state index in [4.69, 9.17) is 10.2 Å². The van der Waals surface area contributed by atoms with Gasteiger partial charge in [-0.3, -0.25) is 0 Å². The van der Waals surface area contributed by atoms with Crippen molar-refractivity contribution in [2.75, 3.05) is 11.9 Å². The van der Waals surface area contributed by atoms with Crippen LogP contribution in [0.5, 0.6) is 0 Å². The van der Waals surface area contributed by atoms with Gasteiger partial charge in [0.15, 0.2) is 0 Å². The van der Waals surface area contributed by atoms with E-state index in [1.165, 1.54) is 5.56 Å². The van der Waals surface area contributed by atoms with Gasteiger partial charge in [-0.15, -0.1) is 5.10 Å². The highest BCUT2D eigenvalue weighted by atomic mass is 16.4. The van der Waals surface area contributed by atoms with Crippen LogP contribution >= 0.6 is 0 Å². The van der Waals surface area contributed by atoms with Crippen molar-refractivity contribution in [2.24, 2.45) is 5.73 Å². The van der Waals surface area contributed by atoms with Gasteiger partial charge in [0, 0.05) is 13.6 Å². The minimum atomic E-state index is -0.410. The van der Waals surface area contributed by atoms with Gasteiger partial charge in [0.2, 0.25) is 5.89 Å². The highest BCUT2D eigenvalue weighted by Gasteiger charge is 2.18. The second-order valence-corrected chi connectivity index (χ2v) is 5.15. The first kappa shape index (κ1) is 14.3. The van der Waals surface area contributed by atoms with Gasteiger partial charge in [-0.1, -0.05) is 65.8 Å². The van der Waals surface area contributed by atoms with Crippen LogP contribution in [0.2, 0.25) is 0 Å². The van der Waals surface area contributed by atoms with Gasteiger partial charge in [-0.25, -0.2) is 0 Å². The maximum atomic E-state index is 6.17. The third kappa shape index (κ3) is 3.15. The quantitative estimate of drug-likeness (QED) is 0.783. The zero-order valence-electron chi connectivity index (χ0n) is 12.4. The van der Waals surface area contributed by atoms with Crippen molar-refractivity contribution in [1.29, 1.82) is 0 Å². The summed E-state index contributed by atoms with van der Waals surface area (Å²) in [7, 11) is 1.92. The highest BCUT2D eigenvalue weighted by Crippen LogP contribution is 2.21. The van der Waals surface area contributed by atoms with Crippen LogP contribution in [0.1, 0.15) is 23.1 Å². The number of hydrogen-bond donors (Lipinski definition) is 1. The fourth-order valence-corrected chi connectivity index (χ4v) is 2.23. The van der Waals surface area contributed by atoms with Crippen LogP contribution in [0.25, 0.3) is 0 Å². The summed E-state index contributed by atoms with van der Waals surface area (Å²) in [6, 6.07) is 19.9. The van der Waals surface area contributed by atoms with Gasteiger partial charge in [0.25, 0.3) is 0 Å². The van der Waals surface area contributed by atoms with Gasteiger partial charge in [-0.05, 0) is 11.1 Å². The van der Waals surface area contributed by atoms with Crippen molar-refractivity contribution in [3.05, 3.63) is 77.7 Å². The predicted octanol–water partition coefficient (Wildman–Crippen LogP) is 2.75. The summed E-state index contributed by atoms with van der Waals surface area (Å²) in [5.74, 6) is 0.418. The molecule has 1 aromatic heterocycles. The van der Waals surface area contributed by atoms with Crippen LogP contribution in [0.3, 0.4) is 0 Å². The van der Waals surface area contributed by atoms with Crippen molar-refractivity contribution >= 4 is 6.01 Å². The van der Waals surface area contributed by atoms with Crippen molar-refractivity contribution in [1.82, 2.24) is 10.2 Å². The highest BCUT2D eigenvalue weighted by molar-refractivity contribution is 5.29.